The van der Waals surface area contributed by atoms with Crippen LogP contribution in [-0.4, -0.2) is 35.8 Å². The summed E-state index contributed by atoms with van der Waals surface area (Å²) >= 11 is 0. The average Bonchev–Trinajstić information content (AvgIpc) is 2.69. The summed E-state index contributed by atoms with van der Waals surface area (Å²) in [5.41, 5.74) is 9.62. The summed E-state index contributed by atoms with van der Waals surface area (Å²) in [4.78, 5) is 18.6. The van der Waals surface area contributed by atoms with E-state index in [1.54, 1.807) is 0 Å². The molecule has 6 N–H and O–H groups in total. The summed E-state index contributed by atoms with van der Waals surface area (Å²) in [6.45, 7) is -0.473. The lowest BCUT2D eigenvalue weighted by atomic mass is 10.1. The molecule has 1 aromatic carbocycles. The molecule has 2 rings (SSSR count). The lowest BCUT2D eigenvalue weighted by molar-refractivity contribution is -0.111. The van der Waals surface area contributed by atoms with Crippen LogP contribution in [0.3, 0.4) is 0 Å². The van der Waals surface area contributed by atoms with Crippen LogP contribution in [0.2, 0.25) is 0 Å². The molecule has 0 atom stereocenters. The van der Waals surface area contributed by atoms with Crippen molar-refractivity contribution in [2.45, 2.75) is 6.61 Å². The molecule has 0 bridgehead atoms. The van der Waals surface area contributed by atoms with Crippen LogP contribution in [0.5, 0.6) is 17.2 Å². The van der Waals surface area contributed by atoms with Gasteiger partial charge in [0, 0.05) is 12.1 Å². The van der Waals surface area contributed by atoms with Gasteiger partial charge < -0.3 is 31.0 Å². The minimum Gasteiger partial charge on any atom is -0.494 e. The second kappa shape index (κ2) is 9.30. The van der Waals surface area contributed by atoms with Crippen LogP contribution in [0.4, 0.5) is 14.7 Å². The Labute approximate surface area is 164 Å². The van der Waals surface area contributed by atoms with Crippen LogP contribution in [0.25, 0.3) is 0 Å². The first kappa shape index (κ1) is 21.3. The normalized spacial score (nSPS) is 11.0. The number of primary amides is 1. The Bertz CT molecular complexity index is 922. The summed E-state index contributed by atoms with van der Waals surface area (Å²) in [5, 5.41) is 9.83. The molecular weight excluding hydrogens is 390 g/mol. The monoisotopic (exact) mass is 408 g/mol. The van der Waals surface area contributed by atoms with E-state index in [1.807, 2.05) is 0 Å². The van der Waals surface area contributed by atoms with Crippen molar-refractivity contribution in [3.8, 4) is 17.2 Å². The molecule has 2 aromatic rings. The Hall–Kier alpha value is -3.96. The third-order valence-corrected chi connectivity index (χ3v) is 3.50. The highest BCUT2D eigenvalue weighted by Crippen LogP contribution is 2.31. The molecule has 154 valence electrons. The lowest BCUT2D eigenvalue weighted by Crippen LogP contribution is -2.23. The molecular formula is C17H18F2N6O4. The smallest absolute Gasteiger partial charge is 0.266 e. The molecule has 29 heavy (non-hydrogen) atoms. The topological polar surface area (TPSA) is 158 Å². The molecule has 1 aromatic heterocycles. The number of hydrogen-bond acceptors (Lipinski definition) is 9. The van der Waals surface area contributed by atoms with Gasteiger partial charge in [-0.25, -0.2) is 18.7 Å². The molecule has 12 heteroatoms. The number of nitrogens with one attached hydrogen (secondary N) is 2. The number of anilines is 1. The second-order valence-corrected chi connectivity index (χ2v) is 5.42. The van der Waals surface area contributed by atoms with E-state index in [4.69, 9.17) is 31.1 Å². The van der Waals surface area contributed by atoms with Gasteiger partial charge in [-0.1, -0.05) is 0 Å². The number of benzene rings is 1. The number of amides is 1. The predicted octanol–water partition coefficient (Wildman–Crippen LogP) is 1.07. The van der Waals surface area contributed by atoms with E-state index in [0.717, 1.165) is 12.1 Å². The van der Waals surface area contributed by atoms with E-state index >= 15 is 0 Å². The zero-order chi connectivity index (χ0) is 21.6. The van der Waals surface area contributed by atoms with Gasteiger partial charge in [-0.3, -0.25) is 10.2 Å². The summed E-state index contributed by atoms with van der Waals surface area (Å²) in [6, 6.07) is 1.09. The molecule has 0 aliphatic rings. The van der Waals surface area contributed by atoms with Crippen LogP contribution in [0, 0.1) is 17.0 Å². The third kappa shape index (κ3) is 5.28. The van der Waals surface area contributed by atoms with E-state index in [1.165, 1.54) is 26.6 Å². The minimum atomic E-state index is -0.951. The van der Waals surface area contributed by atoms with Crippen molar-refractivity contribution in [2.24, 2.45) is 11.5 Å². The van der Waals surface area contributed by atoms with Gasteiger partial charge in [-0.05, 0) is 0 Å². The van der Waals surface area contributed by atoms with Gasteiger partial charge in [-0.15, -0.1) is 0 Å². The summed E-state index contributed by atoms with van der Waals surface area (Å²) in [6.07, 6.45) is 3.46. The van der Waals surface area contributed by atoms with Gasteiger partial charge in [-0.2, -0.15) is 0 Å². The molecule has 1 amide bonds. The van der Waals surface area contributed by atoms with Crippen molar-refractivity contribution in [3.05, 3.63) is 47.6 Å². The maximum Gasteiger partial charge on any atom is 0.266 e. The second-order valence-electron chi connectivity index (χ2n) is 5.42. The highest BCUT2D eigenvalue weighted by molar-refractivity contribution is 6.41. The van der Waals surface area contributed by atoms with Gasteiger partial charge in [0.05, 0.1) is 32.2 Å². The van der Waals surface area contributed by atoms with Crippen LogP contribution in [0.1, 0.15) is 5.56 Å². The Morgan fingerprint density at radius 3 is 2.21 bits per heavy atom. The molecule has 0 radical (unpaired) electrons. The molecule has 1 heterocycles. The maximum atomic E-state index is 14.3. The van der Waals surface area contributed by atoms with E-state index < -0.39 is 29.9 Å². The van der Waals surface area contributed by atoms with Crippen molar-refractivity contribution >= 4 is 17.6 Å². The highest BCUT2D eigenvalue weighted by Gasteiger charge is 2.20. The first-order chi connectivity index (χ1) is 13.8. The molecule has 0 spiro atoms. The highest BCUT2D eigenvalue weighted by atomic mass is 19.1. The average molecular weight is 408 g/mol. The summed E-state index contributed by atoms with van der Waals surface area (Å²) < 4.78 is 43.7. The standard InChI is InChI=1S/C17H18F2N6O4/c1-27-11-4-12(28-2)15(19)9(14(11)18)7-29-8-5-23-17(24-6-8)25-13(21)3-10(20)16(22)26/h3-6,20H,7,21H2,1-2H3,(H2,22,26)(H,23,24,25)/b13-3+,20-10?. The van der Waals surface area contributed by atoms with Crippen molar-refractivity contribution < 1.29 is 27.8 Å². The number of ether oxygens (including phenoxy) is 3. The van der Waals surface area contributed by atoms with Gasteiger partial charge in [0.2, 0.25) is 5.95 Å². The lowest BCUT2D eigenvalue weighted by Gasteiger charge is -2.13. The number of carbonyl (C=O) groups is 1. The van der Waals surface area contributed by atoms with Crippen LogP contribution in [-0.2, 0) is 11.4 Å². The van der Waals surface area contributed by atoms with Crippen molar-refractivity contribution in [1.82, 2.24) is 9.97 Å². The Morgan fingerprint density at radius 1 is 1.17 bits per heavy atom. The molecule has 0 unspecified atom stereocenters. The van der Waals surface area contributed by atoms with Crippen LogP contribution in [0.15, 0.2) is 30.4 Å². The number of rotatable bonds is 9. The molecule has 0 fully saturated rings. The fourth-order valence-electron chi connectivity index (χ4n) is 2.07. The number of hydrogen-bond donors (Lipinski definition) is 4. The predicted molar refractivity (Wildman–Crippen MR) is 98.6 cm³/mol. The third-order valence-electron chi connectivity index (χ3n) is 3.50. The van der Waals surface area contributed by atoms with Crippen molar-refractivity contribution in [2.75, 3.05) is 19.5 Å². The number of nitrogens with two attached hydrogens (primary N) is 2. The Morgan fingerprint density at radius 2 is 1.72 bits per heavy atom. The van der Waals surface area contributed by atoms with Gasteiger partial charge >= 0.3 is 0 Å². The number of carbonyl (C=O) groups excluding carboxylic acids is 1. The maximum absolute atomic E-state index is 14.3. The largest absolute Gasteiger partial charge is 0.494 e. The zero-order valence-electron chi connectivity index (χ0n) is 15.5. The number of methoxy groups -OCH3 is 2. The number of halogens is 2. The van der Waals surface area contributed by atoms with Crippen molar-refractivity contribution in [1.29, 1.82) is 5.41 Å². The molecule has 0 aliphatic carbocycles. The van der Waals surface area contributed by atoms with Crippen LogP contribution >= 0.6 is 0 Å². The van der Waals surface area contributed by atoms with E-state index in [9.17, 15) is 13.6 Å². The SMILES string of the molecule is COc1cc(OC)c(F)c(COc2cnc(N/C(N)=C/C(=N)C(N)=O)nc2)c1F. The van der Waals surface area contributed by atoms with Gasteiger partial charge in [0.25, 0.3) is 5.91 Å². The molecule has 0 aliphatic heterocycles. The van der Waals surface area contributed by atoms with Crippen molar-refractivity contribution in [3.63, 3.8) is 0 Å². The number of aromatic nitrogens is 2. The fraction of sp³-hybridized carbons (Fsp3) is 0.176. The first-order valence-corrected chi connectivity index (χ1v) is 7.93. The fourth-order valence-corrected chi connectivity index (χ4v) is 2.07. The first-order valence-electron chi connectivity index (χ1n) is 7.93. The Kier molecular flexibility index (Phi) is 6.85. The number of nitrogens with zero attached hydrogens (tertiary/aromatic N) is 2. The molecule has 10 nitrogen and oxygen atoms in total. The van der Waals surface area contributed by atoms with E-state index in [0.29, 0.717) is 0 Å². The summed E-state index contributed by atoms with van der Waals surface area (Å²) in [7, 11) is 2.48. The van der Waals surface area contributed by atoms with Gasteiger partial charge in [0.15, 0.2) is 28.9 Å². The minimum absolute atomic E-state index is 0.0313. The van der Waals surface area contributed by atoms with E-state index in [-0.39, 0.29) is 34.6 Å². The van der Waals surface area contributed by atoms with Crippen LogP contribution < -0.4 is 31.0 Å². The van der Waals surface area contributed by atoms with E-state index in [2.05, 4.69) is 15.3 Å². The Balaban J connectivity index is 2.10. The summed E-state index contributed by atoms with van der Waals surface area (Å²) in [5.74, 6) is -3.11. The van der Waals surface area contributed by atoms with Gasteiger partial charge in [0.1, 0.15) is 18.1 Å². The zero-order valence-corrected chi connectivity index (χ0v) is 15.5. The molecule has 0 saturated heterocycles. The quantitative estimate of drug-likeness (QED) is 0.449. The molecule has 0 saturated carbocycles.